The molecule has 0 radical (unpaired) electrons. The van der Waals surface area contributed by atoms with Crippen LogP contribution in [-0.2, 0) is 4.84 Å². The summed E-state index contributed by atoms with van der Waals surface area (Å²) in [6, 6.07) is 5.83. The molecule has 6 nitrogen and oxygen atoms in total. The minimum absolute atomic E-state index is 0.135. The predicted octanol–water partition coefficient (Wildman–Crippen LogP) is 1.96. The molecule has 20 heavy (non-hydrogen) atoms. The zero-order valence-corrected chi connectivity index (χ0v) is 9.85. The van der Waals surface area contributed by atoms with Crippen LogP contribution in [0.4, 0.5) is 13.2 Å². The summed E-state index contributed by atoms with van der Waals surface area (Å²) >= 11 is 0. The van der Waals surface area contributed by atoms with Gasteiger partial charge < -0.3 is 4.42 Å². The topological polar surface area (TPSA) is 77.2 Å². The molecular weight excluding hydrogens is 279 g/mol. The standard InChI is InChI=1S/C11H8F3N3O3/c12-11(13,14)5-20-17-9(18)7-1-3-8(4-2-7)10-16-15-6-19-10/h1-4,6H,5H2,(H,17,18). The maximum absolute atomic E-state index is 11.8. The molecule has 0 bridgehead atoms. The Morgan fingerprint density at radius 2 is 2.00 bits per heavy atom. The number of hydrogen-bond acceptors (Lipinski definition) is 5. The molecule has 1 N–H and O–H groups in total. The van der Waals surface area contributed by atoms with Gasteiger partial charge in [-0.1, -0.05) is 0 Å². The zero-order chi connectivity index (χ0) is 14.6. The summed E-state index contributed by atoms with van der Waals surface area (Å²) in [6.07, 6.45) is -3.35. The third kappa shape index (κ3) is 3.79. The highest BCUT2D eigenvalue weighted by atomic mass is 19.4. The minimum atomic E-state index is -4.50. The van der Waals surface area contributed by atoms with E-state index in [-0.39, 0.29) is 11.5 Å². The molecule has 1 heterocycles. The first kappa shape index (κ1) is 14.0. The van der Waals surface area contributed by atoms with E-state index in [9.17, 15) is 18.0 Å². The summed E-state index contributed by atoms with van der Waals surface area (Å²) in [4.78, 5) is 15.5. The number of rotatable bonds is 4. The number of carbonyl (C=O) groups is 1. The first-order chi connectivity index (χ1) is 9.46. The number of amides is 1. The van der Waals surface area contributed by atoms with E-state index in [0.717, 1.165) is 6.39 Å². The number of nitrogens with one attached hydrogen (secondary N) is 1. The smallest absolute Gasteiger partial charge is 0.414 e. The van der Waals surface area contributed by atoms with Gasteiger partial charge in [0.05, 0.1) is 0 Å². The number of hydrogen-bond donors (Lipinski definition) is 1. The maximum atomic E-state index is 11.8. The number of halogens is 3. The first-order valence-corrected chi connectivity index (χ1v) is 5.31. The van der Waals surface area contributed by atoms with E-state index < -0.39 is 18.7 Å². The molecule has 2 aromatic rings. The lowest BCUT2D eigenvalue weighted by atomic mass is 10.1. The van der Waals surface area contributed by atoms with Crippen molar-refractivity contribution >= 4 is 5.91 Å². The predicted molar refractivity (Wildman–Crippen MR) is 59.2 cm³/mol. The molecule has 0 spiro atoms. The molecule has 0 saturated heterocycles. The number of alkyl halides is 3. The fourth-order valence-corrected chi connectivity index (χ4v) is 1.31. The van der Waals surface area contributed by atoms with Crippen LogP contribution in [-0.4, -0.2) is 28.9 Å². The number of hydroxylamine groups is 1. The highest BCUT2D eigenvalue weighted by Crippen LogP contribution is 2.17. The lowest BCUT2D eigenvalue weighted by Gasteiger charge is -2.08. The van der Waals surface area contributed by atoms with Crippen molar-refractivity contribution in [1.82, 2.24) is 15.7 Å². The third-order valence-electron chi connectivity index (χ3n) is 2.15. The van der Waals surface area contributed by atoms with Gasteiger partial charge in [-0.3, -0.25) is 9.63 Å². The number of nitrogens with zero attached hydrogens (tertiary/aromatic N) is 2. The van der Waals surface area contributed by atoms with Gasteiger partial charge in [-0.25, -0.2) is 5.48 Å². The summed E-state index contributed by atoms with van der Waals surface area (Å²) in [5.74, 6) is -0.517. The Bertz CT molecular complexity index is 567. The summed E-state index contributed by atoms with van der Waals surface area (Å²) < 4.78 is 40.4. The molecule has 0 fully saturated rings. The van der Waals surface area contributed by atoms with Gasteiger partial charge in [-0.05, 0) is 24.3 Å². The van der Waals surface area contributed by atoms with Crippen molar-refractivity contribution < 1.29 is 27.2 Å². The summed E-state index contributed by atoms with van der Waals surface area (Å²) in [5.41, 5.74) is 2.41. The summed E-state index contributed by atoms with van der Waals surface area (Å²) in [5, 5.41) is 7.17. The fourth-order valence-electron chi connectivity index (χ4n) is 1.31. The Kier molecular flexibility index (Phi) is 3.99. The van der Waals surface area contributed by atoms with Crippen molar-refractivity contribution in [3.05, 3.63) is 36.2 Å². The van der Waals surface area contributed by atoms with Crippen LogP contribution >= 0.6 is 0 Å². The Morgan fingerprint density at radius 1 is 1.30 bits per heavy atom. The second-order valence-corrected chi connectivity index (χ2v) is 3.66. The molecule has 106 valence electrons. The molecule has 1 aromatic carbocycles. The van der Waals surface area contributed by atoms with Gasteiger partial charge in [-0.2, -0.15) is 13.2 Å². The van der Waals surface area contributed by atoms with E-state index in [2.05, 4.69) is 15.0 Å². The lowest BCUT2D eigenvalue weighted by Crippen LogP contribution is -2.29. The molecular formula is C11H8F3N3O3. The molecule has 0 aliphatic carbocycles. The Hall–Kier alpha value is -2.42. The normalized spacial score (nSPS) is 11.3. The van der Waals surface area contributed by atoms with Crippen molar-refractivity contribution in [1.29, 1.82) is 0 Å². The van der Waals surface area contributed by atoms with Crippen LogP contribution in [0.5, 0.6) is 0 Å². The van der Waals surface area contributed by atoms with E-state index in [1.54, 1.807) is 5.48 Å². The van der Waals surface area contributed by atoms with Crippen LogP contribution < -0.4 is 5.48 Å². The SMILES string of the molecule is O=C(NOCC(F)(F)F)c1ccc(-c2nnco2)cc1. The van der Waals surface area contributed by atoms with E-state index in [1.807, 2.05) is 0 Å². The summed E-state index contributed by atoms with van der Waals surface area (Å²) in [6.45, 7) is -1.56. The van der Waals surface area contributed by atoms with Crippen LogP contribution in [0.2, 0.25) is 0 Å². The average molecular weight is 287 g/mol. The van der Waals surface area contributed by atoms with Gasteiger partial charge in [0.1, 0.15) is 0 Å². The van der Waals surface area contributed by atoms with Crippen LogP contribution in [0, 0.1) is 0 Å². The van der Waals surface area contributed by atoms with Gasteiger partial charge >= 0.3 is 6.18 Å². The largest absolute Gasteiger partial charge is 0.423 e. The molecule has 9 heteroatoms. The van der Waals surface area contributed by atoms with Crippen molar-refractivity contribution in [3.63, 3.8) is 0 Å². The van der Waals surface area contributed by atoms with Crippen molar-refractivity contribution in [2.24, 2.45) is 0 Å². The highest BCUT2D eigenvalue weighted by Gasteiger charge is 2.28. The molecule has 0 aliphatic heterocycles. The molecule has 0 saturated carbocycles. The Morgan fingerprint density at radius 3 is 2.55 bits per heavy atom. The van der Waals surface area contributed by atoms with Crippen LogP contribution in [0.1, 0.15) is 10.4 Å². The van der Waals surface area contributed by atoms with Gasteiger partial charge in [0, 0.05) is 11.1 Å². The van der Waals surface area contributed by atoms with Gasteiger partial charge in [-0.15, -0.1) is 10.2 Å². The monoisotopic (exact) mass is 287 g/mol. The van der Waals surface area contributed by atoms with E-state index in [1.165, 1.54) is 24.3 Å². The van der Waals surface area contributed by atoms with Gasteiger partial charge in [0.15, 0.2) is 6.61 Å². The van der Waals surface area contributed by atoms with Gasteiger partial charge in [0.25, 0.3) is 5.91 Å². The van der Waals surface area contributed by atoms with Crippen molar-refractivity contribution in [2.75, 3.05) is 6.61 Å². The van der Waals surface area contributed by atoms with E-state index in [4.69, 9.17) is 4.42 Å². The Balaban J connectivity index is 1.94. The average Bonchev–Trinajstić information content (AvgIpc) is 2.91. The molecule has 0 aliphatic rings. The number of aromatic nitrogens is 2. The van der Waals surface area contributed by atoms with Crippen molar-refractivity contribution in [3.8, 4) is 11.5 Å². The molecule has 1 amide bonds. The zero-order valence-electron chi connectivity index (χ0n) is 9.85. The third-order valence-corrected chi connectivity index (χ3v) is 2.15. The van der Waals surface area contributed by atoms with Crippen LogP contribution in [0.25, 0.3) is 11.5 Å². The summed E-state index contributed by atoms with van der Waals surface area (Å²) in [7, 11) is 0. The van der Waals surface area contributed by atoms with Crippen molar-refractivity contribution in [2.45, 2.75) is 6.18 Å². The van der Waals surface area contributed by atoms with E-state index >= 15 is 0 Å². The second kappa shape index (κ2) is 5.70. The van der Waals surface area contributed by atoms with E-state index in [0.29, 0.717) is 5.56 Å². The fraction of sp³-hybridized carbons (Fsp3) is 0.182. The molecule has 2 rings (SSSR count). The van der Waals surface area contributed by atoms with Gasteiger partial charge in [0.2, 0.25) is 12.3 Å². The highest BCUT2D eigenvalue weighted by molar-refractivity contribution is 5.93. The number of carbonyl (C=O) groups excluding carboxylic acids is 1. The Labute approximate surface area is 110 Å². The lowest BCUT2D eigenvalue weighted by molar-refractivity contribution is -0.184. The first-order valence-electron chi connectivity index (χ1n) is 5.31. The number of benzene rings is 1. The maximum Gasteiger partial charge on any atom is 0.414 e. The van der Waals surface area contributed by atoms with Crippen LogP contribution in [0.3, 0.4) is 0 Å². The minimum Gasteiger partial charge on any atom is -0.423 e. The van der Waals surface area contributed by atoms with Crippen LogP contribution in [0.15, 0.2) is 35.1 Å². The molecule has 0 atom stereocenters. The molecule has 0 unspecified atom stereocenters. The second-order valence-electron chi connectivity index (χ2n) is 3.66. The quantitative estimate of drug-likeness (QED) is 0.870. The molecule has 1 aromatic heterocycles.